The molecule has 1 fully saturated rings. The highest BCUT2D eigenvalue weighted by Crippen LogP contribution is 2.34. The Balaban J connectivity index is 2.17. The molecule has 0 amide bonds. The summed E-state index contributed by atoms with van der Waals surface area (Å²) in [4.78, 5) is 14.0. The number of esters is 1. The second-order valence-electron chi connectivity index (χ2n) is 5.07. The second kappa shape index (κ2) is 7.04. The maximum atomic E-state index is 12.5. The van der Waals surface area contributed by atoms with Crippen LogP contribution in [0.2, 0.25) is 5.02 Å². The molecular weight excluding hydrogens is 281 g/mol. The van der Waals surface area contributed by atoms with Crippen LogP contribution in [0.5, 0.6) is 0 Å². The van der Waals surface area contributed by atoms with Crippen LogP contribution in [0.4, 0.5) is 4.39 Å². The van der Waals surface area contributed by atoms with Gasteiger partial charge in [0.25, 0.3) is 0 Å². The summed E-state index contributed by atoms with van der Waals surface area (Å²) >= 11 is 5.90. The summed E-state index contributed by atoms with van der Waals surface area (Å²) in [6.45, 7) is 1.33. The molecule has 0 N–H and O–H groups in total. The van der Waals surface area contributed by atoms with E-state index in [0.29, 0.717) is 18.1 Å². The van der Waals surface area contributed by atoms with E-state index in [1.807, 2.05) is 29.2 Å². The molecule has 0 aromatic heterocycles. The Morgan fingerprint density at radius 1 is 1.45 bits per heavy atom. The van der Waals surface area contributed by atoms with Gasteiger partial charge in [0.05, 0.1) is 13.0 Å². The summed E-state index contributed by atoms with van der Waals surface area (Å²) in [7, 11) is 1.40. The molecule has 1 heterocycles. The van der Waals surface area contributed by atoms with Crippen molar-refractivity contribution in [2.75, 3.05) is 33.4 Å². The van der Waals surface area contributed by atoms with Crippen molar-refractivity contribution in [3.05, 3.63) is 34.9 Å². The monoisotopic (exact) mass is 299 g/mol. The van der Waals surface area contributed by atoms with Gasteiger partial charge in [-0.1, -0.05) is 23.7 Å². The fraction of sp³-hybridized carbons (Fsp3) is 0.533. The third-order valence-corrected chi connectivity index (χ3v) is 4.15. The number of alkyl halides is 1. The molecule has 1 aliphatic heterocycles. The minimum Gasteiger partial charge on any atom is -0.469 e. The fourth-order valence-electron chi connectivity index (χ4n) is 2.84. The molecule has 5 heteroatoms. The average molecular weight is 300 g/mol. The molecule has 0 saturated carbocycles. The Morgan fingerprint density at radius 3 is 2.75 bits per heavy atom. The Labute approximate surface area is 123 Å². The molecule has 1 aromatic carbocycles. The largest absolute Gasteiger partial charge is 0.469 e. The number of piperidine rings is 1. The molecule has 1 aliphatic rings. The predicted molar refractivity (Wildman–Crippen MR) is 76.7 cm³/mol. The van der Waals surface area contributed by atoms with Crippen LogP contribution in [-0.4, -0.2) is 44.3 Å². The molecule has 2 atom stereocenters. The number of methoxy groups -OCH3 is 1. The zero-order chi connectivity index (χ0) is 14.5. The third kappa shape index (κ3) is 3.49. The van der Waals surface area contributed by atoms with Crippen molar-refractivity contribution in [3.63, 3.8) is 0 Å². The van der Waals surface area contributed by atoms with E-state index in [2.05, 4.69) is 0 Å². The lowest BCUT2D eigenvalue weighted by atomic mass is 9.80. The van der Waals surface area contributed by atoms with Crippen molar-refractivity contribution in [2.24, 2.45) is 5.92 Å². The Kier molecular flexibility index (Phi) is 5.38. The smallest absolute Gasteiger partial charge is 0.310 e. The lowest BCUT2D eigenvalue weighted by Crippen LogP contribution is -2.44. The number of benzene rings is 1. The normalized spacial score (nSPS) is 23.6. The number of carbonyl (C=O) groups excluding carboxylic acids is 1. The number of rotatable bonds is 4. The molecule has 2 rings (SSSR count). The topological polar surface area (TPSA) is 29.5 Å². The van der Waals surface area contributed by atoms with E-state index < -0.39 is 0 Å². The quantitative estimate of drug-likeness (QED) is 0.801. The van der Waals surface area contributed by atoms with E-state index in [9.17, 15) is 9.18 Å². The van der Waals surface area contributed by atoms with E-state index in [1.54, 1.807) is 0 Å². The first kappa shape index (κ1) is 15.3. The summed E-state index contributed by atoms with van der Waals surface area (Å²) in [6.07, 6.45) is 0.821. The number of nitrogens with zero attached hydrogens (tertiary/aromatic N) is 1. The number of hydrogen-bond donors (Lipinski definition) is 0. The molecule has 3 nitrogen and oxygen atoms in total. The van der Waals surface area contributed by atoms with Gasteiger partial charge in [0.1, 0.15) is 6.67 Å². The maximum Gasteiger partial charge on any atom is 0.310 e. The van der Waals surface area contributed by atoms with Crippen molar-refractivity contribution in [2.45, 2.75) is 12.3 Å². The molecular formula is C15H19ClFNO2. The van der Waals surface area contributed by atoms with Gasteiger partial charge in [-0.3, -0.25) is 9.69 Å². The van der Waals surface area contributed by atoms with E-state index >= 15 is 0 Å². The summed E-state index contributed by atoms with van der Waals surface area (Å²) in [5.41, 5.74) is 1.09. The molecule has 1 unspecified atom stereocenters. The highest BCUT2D eigenvalue weighted by atomic mass is 35.5. The Hall–Kier alpha value is -1.13. The molecule has 0 radical (unpaired) electrons. The molecule has 20 heavy (non-hydrogen) atoms. The van der Waals surface area contributed by atoms with Gasteiger partial charge in [0.15, 0.2) is 0 Å². The van der Waals surface area contributed by atoms with Gasteiger partial charge in [-0.05, 0) is 36.6 Å². The van der Waals surface area contributed by atoms with Gasteiger partial charge in [0.2, 0.25) is 0 Å². The summed E-state index contributed by atoms with van der Waals surface area (Å²) in [5.74, 6) is -0.370. The number of ether oxygens (including phenoxy) is 1. The van der Waals surface area contributed by atoms with E-state index in [0.717, 1.165) is 18.5 Å². The standard InChI is InChI=1S/C15H19ClFNO2/c1-20-15(19)14-10-18(9-7-17)8-6-13(14)11-2-4-12(16)5-3-11/h2-5,13-14H,6-10H2,1H3/t13?,14-/m1/s1. The van der Waals surface area contributed by atoms with Gasteiger partial charge < -0.3 is 4.74 Å². The molecule has 1 aromatic rings. The zero-order valence-electron chi connectivity index (χ0n) is 11.5. The molecule has 110 valence electrons. The Bertz CT molecular complexity index is 452. The first-order valence-corrected chi connectivity index (χ1v) is 7.15. The van der Waals surface area contributed by atoms with Crippen LogP contribution in [0, 0.1) is 5.92 Å². The number of halogens is 2. The number of carbonyl (C=O) groups is 1. The van der Waals surface area contributed by atoms with Gasteiger partial charge in [0, 0.05) is 18.1 Å². The molecule has 1 saturated heterocycles. The number of likely N-dealkylation sites (tertiary alicyclic amines) is 1. The second-order valence-corrected chi connectivity index (χ2v) is 5.50. The van der Waals surface area contributed by atoms with Gasteiger partial charge in [-0.15, -0.1) is 0 Å². The summed E-state index contributed by atoms with van der Waals surface area (Å²) < 4.78 is 17.4. The maximum absolute atomic E-state index is 12.5. The van der Waals surface area contributed by atoms with Crippen molar-refractivity contribution >= 4 is 17.6 Å². The zero-order valence-corrected chi connectivity index (χ0v) is 12.3. The minimum atomic E-state index is -0.389. The van der Waals surface area contributed by atoms with Crippen LogP contribution in [0.3, 0.4) is 0 Å². The number of hydrogen-bond acceptors (Lipinski definition) is 3. The summed E-state index contributed by atoms with van der Waals surface area (Å²) in [6, 6.07) is 7.57. The molecule has 0 aliphatic carbocycles. The highest BCUT2D eigenvalue weighted by Gasteiger charge is 2.35. The first-order valence-electron chi connectivity index (χ1n) is 6.77. The van der Waals surface area contributed by atoms with E-state index in [-0.39, 0.29) is 24.5 Å². The molecule has 0 bridgehead atoms. The van der Waals surface area contributed by atoms with E-state index in [4.69, 9.17) is 16.3 Å². The summed E-state index contributed by atoms with van der Waals surface area (Å²) in [5, 5.41) is 0.679. The van der Waals surface area contributed by atoms with Gasteiger partial charge >= 0.3 is 5.97 Å². The minimum absolute atomic E-state index is 0.107. The Morgan fingerprint density at radius 2 is 2.15 bits per heavy atom. The van der Waals surface area contributed by atoms with Crippen LogP contribution < -0.4 is 0 Å². The van der Waals surface area contributed by atoms with Crippen LogP contribution in [0.15, 0.2) is 24.3 Å². The van der Waals surface area contributed by atoms with Crippen LogP contribution in [-0.2, 0) is 9.53 Å². The van der Waals surface area contributed by atoms with Crippen molar-refractivity contribution in [1.29, 1.82) is 0 Å². The molecule has 0 spiro atoms. The predicted octanol–water partition coefficient (Wildman–Crippen LogP) is 2.89. The van der Waals surface area contributed by atoms with Gasteiger partial charge in [-0.25, -0.2) is 4.39 Å². The van der Waals surface area contributed by atoms with Crippen LogP contribution >= 0.6 is 11.6 Å². The SMILES string of the molecule is COC(=O)[C@@H]1CN(CCF)CCC1c1ccc(Cl)cc1. The van der Waals surface area contributed by atoms with E-state index in [1.165, 1.54) is 7.11 Å². The average Bonchev–Trinajstić information content (AvgIpc) is 2.48. The third-order valence-electron chi connectivity index (χ3n) is 3.90. The lowest BCUT2D eigenvalue weighted by molar-refractivity contribution is -0.148. The fourth-order valence-corrected chi connectivity index (χ4v) is 2.97. The van der Waals surface area contributed by atoms with Crippen molar-refractivity contribution < 1.29 is 13.9 Å². The van der Waals surface area contributed by atoms with Crippen molar-refractivity contribution in [3.8, 4) is 0 Å². The van der Waals surface area contributed by atoms with Crippen LogP contribution in [0.25, 0.3) is 0 Å². The van der Waals surface area contributed by atoms with Gasteiger partial charge in [-0.2, -0.15) is 0 Å². The first-order chi connectivity index (χ1) is 9.65. The highest BCUT2D eigenvalue weighted by molar-refractivity contribution is 6.30. The van der Waals surface area contributed by atoms with Crippen LogP contribution in [0.1, 0.15) is 17.9 Å². The lowest BCUT2D eigenvalue weighted by Gasteiger charge is -2.37. The van der Waals surface area contributed by atoms with Crippen molar-refractivity contribution in [1.82, 2.24) is 4.90 Å².